The zero-order valence-corrected chi connectivity index (χ0v) is 15.8. The topological polar surface area (TPSA) is 84.9 Å². The van der Waals surface area contributed by atoms with Crippen LogP contribution in [0, 0.1) is 0 Å². The van der Waals surface area contributed by atoms with Crippen LogP contribution in [0.3, 0.4) is 0 Å². The molecule has 0 saturated heterocycles. The number of esters is 1. The fourth-order valence-corrected chi connectivity index (χ4v) is 2.16. The highest BCUT2D eigenvalue weighted by molar-refractivity contribution is 6.32. The van der Waals surface area contributed by atoms with Gasteiger partial charge in [0, 0.05) is 6.42 Å². The van der Waals surface area contributed by atoms with Gasteiger partial charge in [0.05, 0.1) is 24.3 Å². The summed E-state index contributed by atoms with van der Waals surface area (Å²) in [6.07, 6.45) is 0.724. The Morgan fingerprint density at radius 1 is 1.37 bits per heavy atom. The van der Waals surface area contributed by atoms with Crippen molar-refractivity contribution >= 4 is 23.5 Å². The summed E-state index contributed by atoms with van der Waals surface area (Å²) in [4.78, 5) is 23.0. The van der Waals surface area contributed by atoms with Crippen molar-refractivity contribution in [2.45, 2.75) is 38.7 Å². The van der Waals surface area contributed by atoms with E-state index in [4.69, 9.17) is 26.2 Å². The molecule has 0 amide bonds. The molecular formula is C18H22ClF2NO5. The van der Waals surface area contributed by atoms with Crippen molar-refractivity contribution in [1.82, 2.24) is 5.32 Å². The van der Waals surface area contributed by atoms with Crippen LogP contribution in [0.4, 0.5) is 8.78 Å². The molecule has 0 aliphatic carbocycles. The second-order valence-corrected chi connectivity index (χ2v) is 6.26. The average molecular weight is 406 g/mol. The third kappa shape index (κ3) is 9.35. The number of carbonyl (C=O) groups is 2. The van der Waals surface area contributed by atoms with Crippen LogP contribution in [-0.2, 0) is 14.3 Å². The second kappa shape index (κ2) is 10.8. The van der Waals surface area contributed by atoms with E-state index in [0.29, 0.717) is 13.3 Å². The minimum atomic E-state index is -3.18. The van der Waals surface area contributed by atoms with E-state index in [1.54, 1.807) is 24.3 Å². The molecule has 0 aromatic heterocycles. The molecule has 0 fully saturated rings. The quantitative estimate of drug-likeness (QED) is 0.332. The van der Waals surface area contributed by atoms with Gasteiger partial charge in [-0.3, -0.25) is 10.1 Å². The molecule has 0 spiro atoms. The molecular weight excluding hydrogens is 384 g/mol. The summed E-state index contributed by atoms with van der Waals surface area (Å²) >= 11 is 6.01. The van der Waals surface area contributed by atoms with Crippen molar-refractivity contribution in [1.29, 1.82) is 0 Å². The van der Waals surface area contributed by atoms with E-state index in [1.165, 1.54) is 0 Å². The van der Waals surface area contributed by atoms with E-state index in [-0.39, 0.29) is 29.7 Å². The largest absolute Gasteiger partial charge is 0.480 e. The van der Waals surface area contributed by atoms with Gasteiger partial charge in [-0.25, -0.2) is 13.6 Å². The van der Waals surface area contributed by atoms with Gasteiger partial charge in [0.15, 0.2) is 0 Å². The van der Waals surface area contributed by atoms with Crippen LogP contribution < -0.4 is 10.1 Å². The average Bonchev–Trinajstić information content (AvgIpc) is 2.57. The number of halogens is 3. The maximum absolute atomic E-state index is 13.2. The van der Waals surface area contributed by atoms with Gasteiger partial charge in [-0.05, 0) is 25.5 Å². The van der Waals surface area contributed by atoms with E-state index in [1.807, 2.05) is 6.92 Å². The zero-order chi connectivity index (χ0) is 20.4. The summed E-state index contributed by atoms with van der Waals surface area (Å²) in [5.41, 5.74) is 0. The maximum Gasteiger partial charge on any atom is 0.334 e. The number of rotatable bonds is 11. The van der Waals surface area contributed by atoms with Crippen molar-refractivity contribution < 1.29 is 33.0 Å². The molecule has 0 unspecified atom stereocenters. The number of carboxylic acids is 1. The number of benzene rings is 1. The number of aliphatic carboxylic acids is 1. The second-order valence-electron chi connectivity index (χ2n) is 5.86. The van der Waals surface area contributed by atoms with Gasteiger partial charge in [0.25, 0.3) is 0 Å². The summed E-state index contributed by atoms with van der Waals surface area (Å²) in [5.74, 6) is -5.11. The van der Waals surface area contributed by atoms with Crippen molar-refractivity contribution in [2.75, 3.05) is 13.2 Å². The SMILES string of the molecule is CCCOC(=O)C=C(CN[C@@H](CC(C)(F)F)C(=O)O)Oc1ccccc1Cl. The predicted octanol–water partition coefficient (Wildman–Crippen LogP) is 3.64. The predicted molar refractivity (Wildman–Crippen MR) is 96.1 cm³/mol. The minimum absolute atomic E-state index is 0.0186. The number of hydrogen-bond donors (Lipinski definition) is 2. The number of carboxylic acid groups (broad SMARTS) is 1. The Bertz CT molecular complexity index is 676. The molecule has 0 saturated carbocycles. The highest BCUT2D eigenvalue weighted by Crippen LogP contribution is 2.25. The molecule has 9 heteroatoms. The zero-order valence-electron chi connectivity index (χ0n) is 15.0. The number of ether oxygens (including phenoxy) is 2. The molecule has 0 radical (unpaired) electrons. The van der Waals surface area contributed by atoms with Gasteiger partial charge in [-0.1, -0.05) is 30.7 Å². The van der Waals surface area contributed by atoms with Crippen LogP contribution in [0.15, 0.2) is 36.1 Å². The minimum Gasteiger partial charge on any atom is -0.480 e. The Hall–Kier alpha value is -2.19. The first-order valence-corrected chi connectivity index (χ1v) is 8.64. The summed E-state index contributed by atoms with van der Waals surface area (Å²) in [6.45, 7) is 2.35. The summed E-state index contributed by atoms with van der Waals surface area (Å²) in [6, 6.07) is 4.90. The number of para-hydroxylation sites is 1. The van der Waals surface area contributed by atoms with E-state index < -0.39 is 30.3 Å². The molecule has 2 N–H and O–H groups in total. The van der Waals surface area contributed by atoms with Gasteiger partial charge >= 0.3 is 11.9 Å². The molecule has 6 nitrogen and oxygen atoms in total. The Labute approximate surface area is 161 Å². The van der Waals surface area contributed by atoms with Crippen molar-refractivity contribution in [3.05, 3.63) is 41.1 Å². The van der Waals surface area contributed by atoms with E-state index in [0.717, 1.165) is 6.08 Å². The normalized spacial score (nSPS) is 13.1. The molecule has 1 aromatic carbocycles. The molecule has 1 aromatic rings. The van der Waals surface area contributed by atoms with Gasteiger partial charge < -0.3 is 14.6 Å². The third-order valence-electron chi connectivity index (χ3n) is 3.19. The van der Waals surface area contributed by atoms with Crippen LogP contribution >= 0.6 is 11.6 Å². The highest BCUT2D eigenvalue weighted by atomic mass is 35.5. The Balaban J connectivity index is 2.93. The molecule has 0 aliphatic rings. The Morgan fingerprint density at radius 3 is 2.59 bits per heavy atom. The van der Waals surface area contributed by atoms with Crippen LogP contribution in [0.2, 0.25) is 5.02 Å². The van der Waals surface area contributed by atoms with Crippen LogP contribution in [0.5, 0.6) is 5.75 Å². The van der Waals surface area contributed by atoms with Gasteiger partial charge in [-0.15, -0.1) is 0 Å². The summed E-state index contributed by atoms with van der Waals surface area (Å²) in [7, 11) is 0. The van der Waals surface area contributed by atoms with Gasteiger partial charge in [-0.2, -0.15) is 0 Å². The maximum atomic E-state index is 13.2. The monoisotopic (exact) mass is 405 g/mol. The van der Waals surface area contributed by atoms with Crippen molar-refractivity contribution in [2.24, 2.45) is 0 Å². The number of carbonyl (C=O) groups excluding carboxylic acids is 1. The standard InChI is InChI=1S/C18H22ClF2NO5/c1-3-8-26-16(23)9-12(27-15-7-5-4-6-13(15)19)11-22-14(17(24)25)10-18(2,20)21/h4-7,9,14,22H,3,8,10-11H2,1-2H3,(H,24,25)/t14-/m0/s1. The van der Waals surface area contributed by atoms with E-state index in [9.17, 15) is 18.4 Å². The molecule has 0 aliphatic heterocycles. The first kappa shape index (κ1) is 22.9. The summed E-state index contributed by atoms with van der Waals surface area (Å²) < 4.78 is 36.8. The van der Waals surface area contributed by atoms with E-state index in [2.05, 4.69) is 5.32 Å². The lowest BCUT2D eigenvalue weighted by Gasteiger charge is -2.19. The lowest BCUT2D eigenvalue weighted by molar-refractivity contribution is -0.142. The number of hydrogen-bond acceptors (Lipinski definition) is 5. The first-order valence-electron chi connectivity index (χ1n) is 8.26. The Kier molecular flexibility index (Phi) is 9.17. The molecule has 0 bridgehead atoms. The van der Waals surface area contributed by atoms with Crippen molar-refractivity contribution in [3.63, 3.8) is 0 Å². The van der Waals surface area contributed by atoms with Gasteiger partial charge in [0.2, 0.25) is 5.92 Å². The lowest BCUT2D eigenvalue weighted by atomic mass is 10.1. The fourth-order valence-electron chi connectivity index (χ4n) is 1.99. The van der Waals surface area contributed by atoms with Crippen LogP contribution in [0.1, 0.15) is 26.7 Å². The molecule has 1 rings (SSSR count). The number of nitrogens with one attached hydrogen (secondary N) is 1. The molecule has 0 heterocycles. The number of alkyl halides is 2. The lowest BCUT2D eigenvalue weighted by Crippen LogP contribution is -2.42. The molecule has 27 heavy (non-hydrogen) atoms. The first-order chi connectivity index (χ1) is 12.6. The smallest absolute Gasteiger partial charge is 0.334 e. The van der Waals surface area contributed by atoms with Crippen LogP contribution in [0.25, 0.3) is 0 Å². The van der Waals surface area contributed by atoms with Gasteiger partial charge in [0.1, 0.15) is 17.6 Å². The third-order valence-corrected chi connectivity index (χ3v) is 3.50. The van der Waals surface area contributed by atoms with E-state index >= 15 is 0 Å². The van der Waals surface area contributed by atoms with Crippen molar-refractivity contribution in [3.8, 4) is 5.75 Å². The van der Waals surface area contributed by atoms with Crippen LogP contribution in [-0.4, -0.2) is 42.2 Å². The fraction of sp³-hybridized carbons (Fsp3) is 0.444. The molecule has 1 atom stereocenters. The Morgan fingerprint density at radius 2 is 2.04 bits per heavy atom. The summed E-state index contributed by atoms with van der Waals surface area (Å²) in [5, 5.41) is 11.8. The highest BCUT2D eigenvalue weighted by Gasteiger charge is 2.31. The molecule has 150 valence electrons.